The number of benzene rings is 3. The van der Waals surface area contributed by atoms with E-state index < -0.39 is 9.84 Å². The maximum Gasteiger partial charge on any atom is 0.210 e. The van der Waals surface area contributed by atoms with Crippen molar-refractivity contribution in [2.75, 3.05) is 5.32 Å². The van der Waals surface area contributed by atoms with Gasteiger partial charge in [-0.25, -0.2) is 8.42 Å². The smallest absolute Gasteiger partial charge is 0.210 e. The van der Waals surface area contributed by atoms with Crippen LogP contribution in [0.1, 0.15) is 11.1 Å². The number of aryl methyl sites for hydroxylation is 1. The Balaban J connectivity index is 1.87. The number of halogens is 1. The molecule has 0 aliphatic heterocycles. The second kappa shape index (κ2) is 7.85. The van der Waals surface area contributed by atoms with Gasteiger partial charge in [0.05, 0.1) is 16.1 Å². The van der Waals surface area contributed by atoms with Gasteiger partial charge in [0.15, 0.2) is 0 Å². The van der Waals surface area contributed by atoms with Crippen LogP contribution in [-0.4, -0.2) is 13.4 Å². The van der Waals surface area contributed by atoms with Crippen LogP contribution in [0.25, 0.3) is 10.9 Å². The molecule has 0 amide bonds. The molecule has 3 aromatic carbocycles. The van der Waals surface area contributed by atoms with Crippen molar-refractivity contribution in [1.29, 1.82) is 0 Å². The molecule has 0 bridgehead atoms. The zero-order chi connectivity index (χ0) is 20.4. The van der Waals surface area contributed by atoms with E-state index in [1.807, 2.05) is 55.5 Å². The molecule has 29 heavy (non-hydrogen) atoms. The van der Waals surface area contributed by atoms with Crippen LogP contribution in [0.4, 0.5) is 5.69 Å². The zero-order valence-corrected chi connectivity index (χ0v) is 17.3. The molecule has 0 atom stereocenters. The standard InChI is InChI=1S/C23H19ClN2O2S/c1-16-7-12-21-20(13-16)23(26-14-17-5-3-2-4-6-17)22(15-25-21)29(27,28)19-10-8-18(24)9-11-19/h2-13,15H,14H2,1H3,(H,25,26). The zero-order valence-electron chi connectivity index (χ0n) is 15.8. The fraction of sp³-hybridized carbons (Fsp3) is 0.0870. The van der Waals surface area contributed by atoms with Crippen LogP contribution < -0.4 is 5.32 Å². The highest BCUT2D eigenvalue weighted by Gasteiger charge is 2.24. The molecule has 0 radical (unpaired) electrons. The third kappa shape index (κ3) is 3.97. The molecule has 6 heteroatoms. The van der Waals surface area contributed by atoms with E-state index in [2.05, 4.69) is 10.3 Å². The van der Waals surface area contributed by atoms with Gasteiger partial charge < -0.3 is 5.32 Å². The number of anilines is 1. The Kier molecular flexibility index (Phi) is 5.26. The Morgan fingerprint density at radius 1 is 0.966 bits per heavy atom. The van der Waals surface area contributed by atoms with Crippen LogP contribution in [-0.2, 0) is 16.4 Å². The predicted molar refractivity (Wildman–Crippen MR) is 117 cm³/mol. The van der Waals surface area contributed by atoms with Gasteiger partial charge in [0.1, 0.15) is 4.90 Å². The molecule has 4 rings (SSSR count). The first-order valence-corrected chi connectivity index (χ1v) is 11.0. The van der Waals surface area contributed by atoms with Crippen LogP contribution in [0.3, 0.4) is 0 Å². The SMILES string of the molecule is Cc1ccc2ncc(S(=O)(=O)c3ccc(Cl)cc3)c(NCc3ccccc3)c2c1. The van der Waals surface area contributed by atoms with Crippen molar-refractivity contribution < 1.29 is 8.42 Å². The van der Waals surface area contributed by atoms with Crippen molar-refractivity contribution in [1.82, 2.24) is 4.98 Å². The first-order chi connectivity index (χ1) is 13.9. The quantitative estimate of drug-likeness (QED) is 0.452. The minimum atomic E-state index is -3.78. The summed E-state index contributed by atoms with van der Waals surface area (Å²) in [6.45, 7) is 2.47. The minimum Gasteiger partial charge on any atom is -0.379 e. The number of fused-ring (bicyclic) bond motifs is 1. The number of rotatable bonds is 5. The van der Waals surface area contributed by atoms with E-state index in [4.69, 9.17) is 11.6 Å². The van der Waals surface area contributed by atoms with E-state index >= 15 is 0 Å². The highest BCUT2D eigenvalue weighted by Crippen LogP contribution is 2.34. The van der Waals surface area contributed by atoms with E-state index in [1.54, 1.807) is 12.1 Å². The average molecular weight is 423 g/mol. The lowest BCUT2D eigenvalue weighted by atomic mass is 10.1. The molecular weight excluding hydrogens is 404 g/mol. The average Bonchev–Trinajstić information content (AvgIpc) is 2.73. The lowest BCUT2D eigenvalue weighted by Crippen LogP contribution is -2.09. The van der Waals surface area contributed by atoms with Gasteiger partial charge in [0.2, 0.25) is 9.84 Å². The molecule has 0 spiro atoms. The summed E-state index contributed by atoms with van der Waals surface area (Å²) in [5.41, 5.74) is 3.38. The molecule has 4 aromatic rings. The molecule has 146 valence electrons. The molecule has 0 aliphatic carbocycles. The van der Waals surface area contributed by atoms with E-state index in [1.165, 1.54) is 18.3 Å². The van der Waals surface area contributed by atoms with Crippen LogP contribution >= 0.6 is 11.6 Å². The summed E-state index contributed by atoms with van der Waals surface area (Å²) < 4.78 is 26.8. The number of hydrogen-bond donors (Lipinski definition) is 1. The number of aromatic nitrogens is 1. The van der Waals surface area contributed by atoms with E-state index in [0.29, 0.717) is 17.3 Å². The molecule has 4 nitrogen and oxygen atoms in total. The summed E-state index contributed by atoms with van der Waals surface area (Å²) in [6, 6.07) is 21.8. The third-order valence-electron chi connectivity index (χ3n) is 4.71. The van der Waals surface area contributed by atoms with Crippen molar-refractivity contribution in [3.63, 3.8) is 0 Å². The van der Waals surface area contributed by atoms with Crippen molar-refractivity contribution >= 4 is 38.0 Å². The fourth-order valence-electron chi connectivity index (χ4n) is 3.20. The molecule has 0 unspecified atom stereocenters. The summed E-state index contributed by atoms with van der Waals surface area (Å²) in [5, 5.41) is 4.60. The van der Waals surface area contributed by atoms with E-state index in [0.717, 1.165) is 22.0 Å². The number of sulfone groups is 1. The van der Waals surface area contributed by atoms with Gasteiger partial charge in [-0.15, -0.1) is 0 Å². The first kappa shape index (κ1) is 19.4. The highest BCUT2D eigenvalue weighted by molar-refractivity contribution is 7.91. The fourth-order valence-corrected chi connectivity index (χ4v) is 4.72. The molecule has 1 aromatic heterocycles. The van der Waals surface area contributed by atoms with Crippen LogP contribution in [0.5, 0.6) is 0 Å². The molecular formula is C23H19ClN2O2S. The normalized spacial score (nSPS) is 11.5. The largest absolute Gasteiger partial charge is 0.379 e. The van der Waals surface area contributed by atoms with Crippen LogP contribution in [0, 0.1) is 6.92 Å². The van der Waals surface area contributed by atoms with Gasteiger partial charge in [-0.2, -0.15) is 0 Å². The second-order valence-corrected chi connectivity index (χ2v) is 9.17. The van der Waals surface area contributed by atoms with Crippen LogP contribution in [0.15, 0.2) is 88.8 Å². The van der Waals surface area contributed by atoms with Gasteiger partial charge in [-0.05, 0) is 48.9 Å². The van der Waals surface area contributed by atoms with Crippen molar-refractivity contribution in [2.24, 2.45) is 0 Å². The van der Waals surface area contributed by atoms with Gasteiger partial charge in [-0.1, -0.05) is 53.6 Å². The lowest BCUT2D eigenvalue weighted by Gasteiger charge is -2.16. The maximum atomic E-state index is 13.4. The van der Waals surface area contributed by atoms with Gasteiger partial charge in [0.25, 0.3) is 0 Å². The highest BCUT2D eigenvalue weighted by atomic mass is 35.5. The number of pyridine rings is 1. The van der Waals surface area contributed by atoms with Crippen molar-refractivity contribution in [3.05, 3.63) is 95.1 Å². The molecule has 1 N–H and O–H groups in total. The number of nitrogens with one attached hydrogen (secondary N) is 1. The Morgan fingerprint density at radius 2 is 1.69 bits per heavy atom. The Hall–Kier alpha value is -2.89. The molecule has 0 saturated heterocycles. The molecule has 0 aliphatic rings. The van der Waals surface area contributed by atoms with Gasteiger partial charge in [0, 0.05) is 23.2 Å². The number of nitrogens with zero attached hydrogens (tertiary/aromatic N) is 1. The van der Waals surface area contributed by atoms with E-state index in [-0.39, 0.29) is 9.79 Å². The van der Waals surface area contributed by atoms with Crippen molar-refractivity contribution in [2.45, 2.75) is 23.3 Å². The Labute approximate surface area is 175 Å². The summed E-state index contributed by atoms with van der Waals surface area (Å²) in [7, 11) is -3.78. The summed E-state index contributed by atoms with van der Waals surface area (Å²) >= 11 is 5.93. The van der Waals surface area contributed by atoms with E-state index in [9.17, 15) is 8.42 Å². The first-order valence-electron chi connectivity index (χ1n) is 9.13. The Bertz CT molecular complexity index is 1270. The number of hydrogen-bond acceptors (Lipinski definition) is 4. The summed E-state index contributed by atoms with van der Waals surface area (Å²) in [4.78, 5) is 4.73. The monoisotopic (exact) mass is 422 g/mol. The molecule has 0 saturated carbocycles. The summed E-state index contributed by atoms with van der Waals surface area (Å²) in [6.07, 6.45) is 1.43. The van der Waals surface area contributed by atoms with Gasteiger partial charge in [-0.3, -0.25) is 4.98 Å². The predicted octanol–water partition coefficient (Wildman–Crippen LogP) is 5.64. The lowest BCUT2D eigenvalue weighted by molar-refractivity contribution is 0.596. The molecule has 1 heterocycles. The van der Waals surface area contributed by atoms with Crippen molar-refractivity contribution in [3.8, 4) is 0 Å². The second-order valence-electron chi connectivity index (χ2n) is 6.81. The van der Waals surface area contributed by atoms with Gasteiger partial charge >= 0.3 is 0 Å². The topological polar surface area (TPSA) is 59.1 Å². The summed E-state index contributed by atoms with van der Waals surface area (Å²) in [5.74, 6) is 0. The Morgan fingerprint density at radius 3 is 2.41 bits per heavy atom. The maximum absolute atomic E-state index is 13.4. The minimum absolute atomic E-state index is 0.147. The third-order valence-corrected chi connectivity index (χ3v) is 6.75. The molecule has 0 fully saturated rings. The van der Waals surface area contributed by atoms with Crippen LogP contribution in [0.2, 0.25) is 5.02 Å².